The fraction of sp³-hybridized carbons (Fsp3) is 0. The molecule has 1 aromatic carbocycles. The number of aromatic nitrogens is 1. The van der Waals surface area contributed by atoms with Gasteiger partial charge < -0.3 is 5.11 Å². The van der Waals surface area contributed by atoms with Gasteiger partial charge >= 0.3 is 5.97 Å². The molecular weight excluding hydrogens is 312 g/mol. The lowest BCUT2D eigenvalue weighted by Gasteiger charge is -2.06. The van der Waals surface area contributed by atoms with E-state index in [1.54, 1.807) is 0 Å². The van der Waals surface area contributed by atoms with Gasteiger partial charge in [-0.15, -0.1) is 11.3 Å². The molecule has 0 aliphatic rings. The van der Waals surface area contributed by atoms with Crippen LogP contribution in [0.15, 0.2) is 34.0 Å². The van der Waals surface area contributed by atoms with Gasteiger partial charge in [0, 0.05) is 10.7 Å². The number of carboxylic acids is 1. The van der Waals surface area contributed by atoms with Crippen LogP contribution in [0.25, 0.3) is 0 Å². The maximum absolute atomic E-state index is 12.0. The SMILES string of the molecule is O=C(O)c1ncsc1S(=O)(=O)Nc1ccc(Cl)cc1. The van der Waals surface area contributed by atoms with Gasteiger partial charge in [0.2, 0.25) is 0 Å². The van der Waals surface area contributed by atoms with Crippen molar-refractivity contribution in [2.45, 2.75) is 4.21 Å². The van der Waals surface area contributed by atoms with Crippen molar-refractivity contribution in [3.05, 3.63) is 40.5 Å². The second kappa shape index (κ2) is 5.16. The van der Waals surface area contributed by atoms with Crippen molar-refractivity contribution < 1.29 is 18.3 Å². The molecule has 6 nitrogen and oxygen atoms in total. The highest BCUT2D eigenvalue weighted by Crippen LogP contribution is 2.23. The first-order valence-electron chi connectivity index (χ1n) is 4.85. The van der Waals surface area contributed by atoms with Crippen LogP contribution in [0.5, 0.6) is 0 Å². The predicted octanol–water partition coefficient (Wildman–Crippen LogP) is 2.30. The number of hydrogen-bond acceptors (Lipinski definition) is 5. The number of hydrogen-bond donors (Lipinski definition) is 2. The lowest BCUT2D eigenvalue weighted by molar-refractivity contribution is 0.0687. The Hall–Kier alpha value is -1.64. The van der Waals surface area contributed by atoms with Crippen LogP contribution in [0.4, 0.5) is 5.69 Å². The van der Waals surface area contributed by atoms with Crippen LogP contribution in [0.1, 0.15) is 10.5 Å². The monoisotopic (exact) mass is 318 g/mol. The molecule has 0 unspecified atom stereocenters. The van der Waals surface area contributed by atoms with Gasteiger partial charge in [0.05, 0.1) is 5.51 Å². The number of sulfonamides is 1. The number of aromatic carboxylic acids is 1. The van der Waals surface area contributed by atoms with Gasteiger partial charge in [0.25, 0.3) is 10.0 Å². The van der Waals surface area contributed by atoms with Crippen molar-refractivity contribution >= 4 is 44.6 Å². The van der Waals surface area contributed by atoms with Gasteiger partial charge in [0.1, 0.15) is 0 Å². The maximum Gasteiger partial charge on any atom is 0.356 e. The zero-order chi connectivity index (χ0) is 14.0. The summed E-state index contributed by atoms with van der Waals surface area (Å²) in [5.41, 5.74) is 0.959. The highest BCUT2D eigenvalue weighted by Gasteiger charge is 2.25. The zero-order valence-corrected chi connectivity index (χ0v) is 11.6. The van der Waals surface area contributed by atoms with Crippen LogP contribution < -0.4 is 4.72 Å². The summed E-state index contributed by atoms with van der Waals surface area (Å²) in [6.45, 7) is 0. The fourth-order valence-electron chi connectivity index (χ4n) is 1.29. The smallest absolute Gasteiger partial charge is 0.356 e. The first-order chi connectivity index (χ1) is 8.90. The highest BCUT2D eigenvalue weighted by atomic mass is 35.5. The average molecular weight is 319 g/mol. The van der Waals surface area contributed by atoms with Gasteiger partial charge in [-0.2, -0.15) is 0 Å². The van der Waals surface area contributed by atoms with Crippen molar-refractivity contribution in [3.63, 3.8) is 0 Å². The third-order valence-electron chi connectivity index (χ3n) is 2.08. The Bertz CT molecular complexity index is 709. The second-order valence-corrected chi connectivity index (χ2v) is 6.57. The van der Waals surface area contributed by atoms with Crippen LogP contribution in [-0.2, 0) is 10.0 Å². The Morgan fingerprint density at radius 3 is 2.53 bits per heavy atom. The third kappa shape index (κ3) is 3.03. The van der Waals surface area contributed by atoms with Gasteiger partial charge in [-0.3, -0.25) is 4.72 Å². The van der Waals surface area contributed by atoms with Crippen molar-refractivity contribution in [2.24, 2.45) is 0 Å². The number of rotatable bonds is 4. The molecule has 0 atom stereocenters. The Balaban J connectivity index is 2.35. The average Bonchev–Trinajstić information content (AvgIpc) is 2.82. The van der Waals surface area contributed by atoms with E-state index < -0.39 is 21.7 Å². The van der Waals surface area contributed by atoms with Gasteiger partial charge in [-0.1, -0.05) is 11.6 Å². The summed E-state index contributed by atoms with van der Waals surface area (Å²) in [5.74, 6) is -1.39. The lowest BCUT2D eigenvalue weighted by atomic mass is 10.3. The van der Waals surface area contributed by atoms with Crippen LogP contribution >= 0.6 is 22.9 Å². The minimum Gasteiger partial charge on any atom is -0.476 e. The molecular formula is C10H7ClN2O4S2. The molecule has 1 heterocycles. The van der Waals surface area contributed by atoms with Gasteiger partial charge in [-0.05, 0) is 24.3 Å². The summed E-state index contributed by atoms with van der Waals surface area (Å²) in [4.78, 5) is 14.4. The maximum atomic E-state index is 12.0. The molecule has 0 aliphatic carbocycles. The van der Waals surface area contributed by atoms with E-state index in [0.29, 0.717) is 5.02 Å². The van der Waals surface area contributed by atoms with Crippen molar-refractivity contribution in [1.29, 1.82) is 0 Å². The predicted molar refractivity (Wildman–Crippen MR) is 71.3 cm³/mol. The zero-order valence-electron chi connectivity index (χ0n) is 9.20. The van der Waals surface area contributed by atoms with E-state index in [4.69, 9.17) is 16.7 Å². The quantitative estimate of drug-likeness (QED) is 0.901. The summed E-state index contributed by atoms with van der Waals surface area (Å²) < 4.78 is 26.0. The molecule has 2 N–H and O–H groups in total. The molecule has 0 saturated carbocycles. The summed E-state index contributed by atoms with van der Waals surface area (Å²) >= 11 is 6.43. The second-order valence-electron chi connectivity index (χ2n) is 3.41. The van der Waals surface area contributed by atoms with Crippen molar-refractivity contribution in [2.75, 3.05) is 4.72 Å². The summed E-state index contributed by atoms with van der Waals surface area (Å²) in [6.07, 6.45) is 0. The molecule has 2 rings (SSSR count). The number of carboxylic acid groups (broad SMARTS) is 1. The number of anilines is 1. The topological polar surface area (TPSA) is 96.4 Å². The van der Waals surface area contributed by atoms with Gasteiger partial charge in [-0.25, -0.2) is 18.2 Å². The molecule has 2 aromatic rings. The molecule has 0 spiro atoms. The fourth-order valence-corrected chi connectivity index (χ4v) is 3.61. The van der Waals surface area contributed by atoms with E-state index in [9.17, 15) is 13.2 Å². The largest absolute Gasteiger partial charge is 0.476 e. The first-order valence-corrected chi connectivity index (χ1v) is 7.59. The molecule has 0 radical (unpaired) electrons. The van der Waals surface area contributed by atoms with E-state index in [0.717, 1.165) is 11.3 Å². The standard InChI is InChI=1S/C10H7ClN2O4S2/c11-6-1-3-7(4-2-6)13-19(16,17)10-8(9(14)15)12-5-18-10/h1-5,13H,(H,14,15). The molecule has 0 saturated heterocycles. The number of nitrogens with zero attached hydrogens (tertiary/aromatic N) is 1. The Morgan fingerprint density at radius 1 is 1.32 bits per heavy atom. The number of benzene rings is 1. The molecule has 0 bridgehead atoms. The van der Waals surface area contributed by atoms with Crippen molar-refractivity contribution in [1.82, 2.24) is 4.98 Å². The number of halogens is 1. The Labute approximate surface area is 117 Å². The molecule has 0 amide bonds. The summed E-state index contributed by atoms with van der Waals surface area (Å²) in [6, 6.07) is 5.98. The normalized spacial score (nSPS) is 11.2. The van der Waals surface area contributed by atoms with E-state index in [2.05, 4.69) is 9.71 Å². The Kier molecular flexibility index (Phi) is 3.74. The molecule has 19 heavy (non-hydrogen) atoms. The molecule has 100 valence electrons. The third-order valence-corrected chi connectivity index (χ3v) is 5.08. The van der Waals surface area contributed by atoms with Crippen molar-refractivity contribution in [3.8, 4) is 0 Å². The van der Waals surface area contributed by atoms with Crippen LogP contribution in [-0.4, -0.2) is 24.5 Å². The summed E-state index contributed by atoms with van der Waals surface area (Å²) in [7, 11) is -3.98. The van der Waals surface area contributed by atoms with E-state index >= 15 is 0 Å². The minimum atomic E-state index is -3.98. The molecule has 0 aliphatic heterocycles. The molecule has 0 fully saturated rings. The van der Waals surface area contributed by atoms with E-state index in [-0.39, 0.29) is 9.90 Å². The van der Waals surface area contributed by atoms with E-state index in [1.807, 2.05) is 0 Å². The number of carbonyl (C=O) groups is 1. The van der Waals surface area contributed by atoms with Crippen LogP contribution in [0, 0.1) is 0 Å². The number of thiazole rings is 1. The van der Waals surface area contributed by atoms with Crippen LogP contribution in [0.3, 0.4) is 0 Å². The number of nitrogens with one attached hydrogen (secondary N) is 1. The molecule has 1 aromatic heterocycles. The summed E-state index contributed by atoms with van der Waals surface area (Å²) in [5, 5.41) is 9.32. The van der Waals surface area contributed by atoms with Crippen LogP contribution in [0.2, 0.25) is 5.02 Å². The minimum absolute atomic E-state index is 0.286. The first kappa shape index (κ1) is 13.8. The van der Waals surface area contributed by atoms with E-state index in [1.165, 1.54) is 29.8 Å². The molecule has 9 heteroatoms. The van der Waals surface area contributed by atoms with Gasteiger partial charge in [0.15, 0.2) is 9.90 Å². The lowest BCUT2D eigenvalue weighted by Crippen LogP contribution is -2.15. The highest BCUT2D eigenvalue weighted by molar-refractivity contribution is 7.94. The Morgan fingerprint density at radius 2 is 1.95 bits per heavy atom.